The average Bonchev–Trinajstić information content (AvgIpc) is 2.74. The van der Waals surface area contributed by atoms with Crippen molar-refractivity contribution in [3.63, 3.8) is 0 Å². The van der Waals surface area contributed by atoms with Crippen LogP contribution in [-0.4, -0.2) is 55.0 Å². The molecule has 0 saturated carbocycles. The Balaban J connectivity index is 1.87. The van der Waals surface area contributed by atoms with Gasteiger partial charge in [0.2, 0.25) is 0 Å². The van der Waals surface area contributed by atoms with Crippen molar-refractivity contribution in [3.05, 3.63) is 29.3 Å². The molecule has 3 rings (SSSR count). The molecule has 0 aromatic heterocycles. The van der Waals surface area contributed by atoms with E-state index in [1.165, 1.54) is 0 Å². The molecule has 0 bridgehead atoms. The van der Waals surface area contributed by atoms with Crippen LogP contribution in [0.3, 0.4) is 0 Å². The molecule has 0 spiro atoms. The minimum absolute atomic E-state index is 0.108. The molecule has 0 N–H and O–H groups in total. The van der Waals surface area contributed by atoms with Crippen LogP contribution < -0.4 is 4.74 Å². The lowest BCUT2D eigenvalue weighted by molar-refractivity contribution is 0.0659. The van der Waals surface area contributed by atoms with E-state index in [0.29, 0.717) is 5.92 Å². The molecule has 2 aliphatic heterocycles. The number of nitrogens with zero attached hydrogens (tertiary/aromatic N) is 2. The SMILES string of the molecule is CC1Oc2c(C(=O)N3CCN(C)CC3)cccc2C1C. The van der Waals surface area contributed by atoms with Gasteiger partial charge in [-0.05, 0) is 20.0 Å². The van der Waals surface area contributed by atoms with Crippen LogP contribution in [-0.2, 0) is 0 Å². The largest absolute Gasteiger partial charge is 0.489 e. The smallest absolute Gasteiger partial charge is 0.257 e. The summed E-state index contributed by atoms with van der Waals surface area (Å²) in [4.78, 5) is 16.9. The molecule has 108 valence electrons. The van der Waals surface area contributed by atoms with E-state index < -0.39 is 0 Å². The molecule has 20 heavy (non-hydrogen) atoms. The second-order valence-electron chi connectivity index (χ2n) is 5.93. The fourth-order valence-corrected chi connectivity index (χ4v) is 2.93. The molecular formula is C16H22N2O2. The molecule has 2 aliphatic rings. The highest BCUT2D eigenvalue weighted by Crippen LogP contribution is 2.40. The maximum atomic E-state index is 12.7. The predicted molar refractivity (Wildman–Crippen MR) is 78.3 cm³/mol. The summed E-state index contributed by atoms with van der Waals surface area (Å²) >= 11 is 0. The molecule has 2 atom stereocenters. The van der Waals surface area contributed by atoms with Crippen molar-refractivity contribution in [1.82, 2.24) is 9.80 Å². The Morgan fingerprint density at radius 1 is 1.20 bits per heavy atom. The topological polar surface area (TPSA) is 32.8 Å². The number of likely N-dealkylation sites (N-methyl/N-ethyl adjacent to an activating group) is 1. The van der Waals surface area contributed by atoms with E-state index in [1.54, 1.807) is 0 Å². The maximum Gasteiger partial charge on any atom is 0.257 e. The minimum atomic E-state index is 0.108. The summed E-state index contributed by atoms with van der Waals surface area (Å²) < 4.78 is 5.93. The van der Waals surface area contributed by atoms with Gasteiger partial charge in [0.05, 0.1) is 5.56 Å². The first kappa shape index (κ1) is 13.4. The maximum absolute atomic E-state index is 12.7. The van der Waals surface area contributed by atoms with Crippen LogP contribution in [0.2, 0.25) is 0 Å². The Morgan fingerprint density at radius 3 is 2.60 bits per heavy atom. The summed E-state index contributed by atoms with van der Waals surface area (Å²) in [5, 5.41) is 0. The highest BCUT2D eigenvalue weighted by molar-refractivity contribution is 5.97. The van der Waals surface area contributed by atoms with Crippen LogP contribution in [0, 0.1) is 0 Å². The Bertz CT molecular complexity index is 521. The zero-order valence-electron chi connectivity index (χ0n) is 12.4. The van der Waals surface area contributed by atoms with Crippen molar-refractivity contribution < 1.29 is 9.53 Å². The molecule has 2 heterocycles. The Kier molecular flexibility index (Phi) is 3.42. The molecule has 0 aliphatic carbocycles. The second-order valence-corrected chi connectivity index (χ2v) is 5.93. The van der Waals surface area contributed by atoms with Gasteiger partial charge in [-0.2, -0.15) is 0 Å². The van der Waals surface area contributed by atoms with Gasteiger partial charge in [0, 0.05) is 37.7 Å². The van der Waals surface area contributed by atoms with Crippen LogP contribution in [0.25, 0.3) is 0 Å². The van der Waals surface area contributed by atoms with Crippen LogP contribution in [0.5, 0.6) is 5.75 Å². The molecule has 1 amide bonds. The zero-order valence-corrected chi connectivity index (χ0v) is 12.4. The lowest BCUT2D eigenvalue weighted by Crippen LogP contribution is -2.47. The van der Waals surface area contributed by atoms with E-state index in [-0.39, 0.29) is 12.0 Å². The number of rotatable bonds is 1. The third-order valence-electron chi connectivity index (χ3n) is 4.56. The first-order valence-corrected chi connectivity index (χ1v) is 7.35. The van der Waals surface area contributed by atoms with Gasteiger partial charge in [-0.3, -0.25) is 4.79 Å². The highest BCUT2D eigenvalue weighted by Gasteiger charge is 2.32. The van der Waals surface area contributed by atoms with E-state index in [4.69, 9.17) is 4.74 Å². The lowest BCUT2D eigenvalue weighted by atomic mass is 9.96. The van der Waals surface area contributed by atoms with E-state index in [1.807, 2.05) is 17.0 Å². The van der Waals surface area contributed by atoms with Gasteiger partial charge in [0.25, 0.3) is 5.91 Å². The number of hydrogen-bond donors (Lipinski definition) is 0. The van der Waals surface area contributed by atoms with Crippen molar-refractivity contribution in [1.29, 1.82) is 0 Å². The number of piperazine rings is 1. The number of hydrogen-bond acceptors (Lipinski definition) is 3. The molecule has 1 fully saturated rings. The molecule has 4 heteroatoms. The third-order valence-corrected chi connectivity index (χ3v) is 4.56. The van der Waals surface area contributed by atoms with Gasteiger partial charge in [0.1, 0.15) is 11.9 Å². The molecule has 1 saturated heterocycles. The number of ether oxygens (including phenoxy) is 1. The minimum Gasteiger partial charge on any atom is -0.489 e. The number of para-hydroxylation sites is 1. The average molecular weight is 274 g/mol. The van der Waals surface area contributed by atoms with Gasteiger partial charge in [-0.15, -0.1) is 0 Å². The molecule has 1 aromatic rings. The Hall–Kier alpha value is -1.55. The summed E-state index contributed by atoms with van der Waals surface area (Å²) in [6.07, 6.45) is 0.145. The number of benzene rings is 1. The summed E-state index contributed by atoms with van der Waals surface area (Å²) in [6, 6.07) is 5.94. The normalized spacial score (nSPS) is 26.2. The van der Waals surface area contributed by atoms with Gasteiger partial charge < -0.3 is 14.5 Å². The first-order valence-electron chi connectivity index (χ1n) is 7.35. The molecule has 2 unspecified atom stereocenters. The monoisotopic (exact) mass is 274 g/mol. The van der Waals surface area contributed by atoms with Crippen LogP contribution in [0.4, 0.5) is 0 Å². The van der Waals surface area contributed by atoms with Crippen LogP contribution in [0.15, 0.2) is 18.2 Å². The zero-order chi connectivity index (χ0) is 14.3. The fraction of sp³-hybridized carbons (Fsp3) is 0.562. The van der Waals surface area contributed by atoms with E-state index >= 15 is 0 Å². The van der Waals surface area contributed by atoms with Gasteiger partial charge >= 0.3 is 0 Å². The first-order chi connectivity index (χ1) is 9.58. The number of carbonyl (C=O) groups excluding carboxylic acids is 1. The van der Waals surface area contributed by atoms with Crippen molar-refractivity contribution in [2.45, 2.75) is 25.9 Å². The Labute approximate surface area is 120 Å². The van der Waals surface area contributed by atoms with Crippen LogP contribution in [0.1, 0.15) is 35.7 Å². The summed E-state index contributed by atoms with van der Waals surface area (Å²) in [5.74, 6) is 1.26. The van der Waals surface area contributed by atoms with Crippen molar-refractivity contribution >= 4 is 5.91 Å². The molecule has 1 aromatic carbocycles. The van der Waals surface area contributed by atoms with Gasteiger partial charge in [0.15, 0.2) is 0 Å². The molecule has 0 radical (unpaired) electrons. The quantitative estimate of drug-likeness (QED) is 0.785. The van der Waals surface area contributed by atoms with E-state index in [9.17, 15) is 4.79 Å². The number of fused-ring (bicyclic) bond motifs is 1. The summed E-state index contributed by atoms with van der Waals surface area (Å²) in [6.45, 7) is 7.69. The fourth-order valence-electron chi connectivity index (χ4n) is 2.93. The van der Waals surface area contributed by atoms with Crippen molar-refractivity contribution in [3.8, 4) is 5.75 Å². The van der Waals surface area contributed by atoms with Crippen LogP contribution >= 0.6 is 0 Å². The van der Waals surface area contributed by atoms with Crippen molar-refractivity contribution in [2.24, 2.45) is 0 Å². The predicted octanol–water partition coefficient (Wildman–Crippen LogP) is 1.96. The number of amides is 1. The summed E-state index contributed by atoms with van der Waals surface area (Å²) in [5.41, 5.74) is 1.89. The highest BCUT2D eigenvalue weighted by atomic mass is 16.5. The standard InChI is InChI=1S/C16H22N2O2/c1-11-12(2)20-15-13(11)5-4-6-14(15)16(19)18-9-7-17(3)8-10-18/h4-6,11-12H,7-10H2,1-3H3. The van der Waals surface area contributed by atoms with E-state index in [0.717, 1.165) is 43.1 Å². The summed E-state index contributed by atoms with van der Waals surface area (Å²) in [7, 11) is 2.09. The number of carbonyl (C=O) groups is 1. The molecular weight excluding hydrogens is 252 g/mol. The lowest BCUT2D eigenvalue weighted by Gasteiger charge is -2.32. The van der Waals surface area contributed by atoms with Gasteiger partial charge in [-0.25, -0.2) is 0 Å². The molecule has 4 nitrogen and oxygen atoms in total. The van der Waals surface area contributed by atoms with Crippen molar-refractivity contribution in [2.75, 3.05) is 33.2 Å². The Morgan fingerprint density at radius 2 is 1.90 bits per heavy atom. The van der Waals surface area contributed by atoms with E-state index in [2.05, 4.69) is 31.9 Å². The van der Waals surface area contributed by atoms with Gasteiger partial charge in [-0.1, -0.05) is 19.1 Å². The third kappa shape index (κ3) is 2.18. The second kappa shape index (κ2) is 5.09.